The van der Waals surface area contributed by atoms with E-state index in [1.165, 1.54) is 10.6 Å². The lowest BCUT2D eigenvalue weighted by Crippen LogP contribution is -2.44. The summed E-state index contributed by atoms with van der Waals surface area (Å²) in [6, 6.07) is 5.28. The highest BCUT2D eigenvalue weighted by Gasteiger charge is 2.13. The van der Waals surface area contributed by atoms with Gasteiger partial charge >= 0.3 is 0 Å². The molecule has 0 atom stereocenters. The van der Waals surface area contributed by atoms with Crippen LogP contribution in [0.3, 0.4) is 0 Å². The molecule has 1 aliphatic heterocycles. The van der Waals surface area contributed by atoms with E-state index >= 15 is 0 Å². The molecule has 0 spiro atoms. The van der Waals surface area contributed by atoms with Crippen molar-refractivity contribution in [3.05, 3.63) is 46.5 Å². The first-order valence-electron chi connectivity index (χ1n) is 7.93. The average Bonchev–Trinajstić information content (AvgIpc) is 2.60. The van der Waals surface area contributed by atoms with Gasteiger partial charge in [-0.3, -0.25) is 14.0 Å². The third kappa shape index (κ3) is 4.31. The molecular formula is C16H22ClN5O2. The Bertz CT molecular complexity index is 743. The van der Waals surface area contributed by atoms with Crippen molar-refractivity contribution in [1.29, 1.82) is 0 Å². The third-order valence-electron chi connectivity index (χ3n) is 4.00. The Labute approximate surface area is 146 Å². The molecule has 24 heavy (non-hydrogen) atoms. The van der Waals surface area contributed by atoms with Crippen LogP contribution < -0.4 is 16.2 Å². The third-order valence-corrected chi connectivity index (χ3v) is 4.00. The van der Waals surface area contributed by atoms with Gasteiger partial charge in [0.1, 0.15) is 11.2 Å². The minimum atomic E-state index is -0.360. The first kappa shape index (κ1) is 18.4. The van der Waals surface area contributed by atoms with Gasteiger partial charge in [-0.15, -0.1) is 12.4 Å². The molecule has 0 aromatic carbocycles. The van der Waals surface area contributed by atoms with Crippen molar-refractivity contribution in [3.8, 4) is 0 Å². The molecule has 1 saturated heterocycles. The van der Waals surface area contributed by atoms with Gasteiger partial charge in [-0.25, -0.2) is 4.98 Å². The molecule has 3 rings (SSSR count). The van der Waals surface area contributed by atoms with Crippen molar-refractivity contribution in [2.45, 2.75) is 6.42 Å². The Morgan fingerprint density at radius 1 is 1.29 bits per heavy atom. The van der Waals surface area contributed by atoms with Crippen LogP contribution in [0, 0.1) is 0 Å². The number of carbonyl (C=O) groups excluding carboxylic acids is 1. The van der Waals surface area contributed by atoms with E-state index in [1.54, 1.807) is 24.4 Å². The number of nitrogens with one attached hydrogen (secondary N) is 2. The summed E-state index contributed by atoms with van der Waals surface area (Å²) in [5.41, 5.74) is 0.277. The van der Waals surface area contributed by atoms with Crippen LogP contribution in [0.2, 0.25) is 0 Å². The van der Waals surface area contributed by atoms with Gasteiger partial charge in [-0.1, -0.05) is 6.07 Å². The van der Waals surface area contributed by atoms with Crippen molar-refractivity contribution in [1.82, 2.24) is 24.9 Å². The molecule has 0 unspecified atom stereocenters. The lowest BCUT2D eigenvalue weighted by molar-refractivity contribution is 0.0949. The minimum Gasteiger partial charge on any atom is -0.352 e. The van der Waals surface area contributed by atoms with Crippen molar-refractivity contribution in [2.24, 2.45) is 0 Å². The highest BCUT2D eigenvalue weighted by molar-refractivity contribution is 5.93. The highest BCUT2D eigenvalue weighted by atomic mass is 35.5. The monoisotopic (exact) mass is 351 g/mol. The molecule has 0 aliphatic carbocycles. The molecular weight excluding hydrogens is 330 g/mol. The number of pyridine rings is 1. The Morgan fingerprint density at radius 2 is 2.08 bits per heavy atom. The first-order chi connectivity index (χ1) is 11.3. The topological polar surface area (TPSA) is 78.7 Å². The fourth-order valence-corrected chi connectivity index (χ4v) is 2.72. The number of rotatable bonds is 5. The van der Waals surface area contributed by atoms with E-state index in [4.69, 9.17) is 0 Å². The van der Waals surface area contributed by atoms with Crippen LogP contribution in [-0.2, 0) is 0 Å². The van der Waals surface area contributed by atoms with Gasteiger partial charge in [-0.2, -0.15) is 0 Å². The molecule has 0 bridgehead atoms. The van der Waals surface area contributed by atoms with E-state index in [9.17, 15) is 9.59 Å². The molecule has 1 aliphatic rings. The standard InChI is InChI=1S/C16H21N5O2.ClH/c22-15(18-5-3-8-20-10-6-17-7-11-20)13-12-19-14-4-1-2-9-21(14)16(13)23;/h1-2,4,9,12,17H,3,5-8,10-11H2,(H,18,22);1H. The van der Waals surface area contributed by atoms with Crippen LogP contribution in [0.15, 0.2) is 35.4 Å². The maximum Gasteiger partial charge on any atom is 0.270 e. The summed E-state index contributed by atoms with van der Waals surface area (Å²) in [7, 11) is 0. The van der Waals surface area contributed by atoms with Gasteiger partial charge in [0.25, 0.3) is 11.5 Å². The minimum absolute atomic E-state index is 0. The van der Waals surface area contributed by atoms with Crippen molar-refractivity contribution in [3.63, 3.8) is 0 Å². The molecule has 1 amide bonds. The molecule has 130 valence electrons. The summed E-state index contributed by atoms with van der Waals surface area (Å²) < 4.78 is 1.38. The molecule has 2 N–H and O–H groups in total. The zero-order chi connectivity index (χ0) is 16.1. The second-order valence-electron chi connectivity index (χ2n) is 5.61. The van der Waals surface area contributed by atoms with E-state index in [0.29, 0.717) is 12.2 Å². The van der Waals surface area contributed by atoms with Crippen LogP contribution in [0.4, 0.5) is 0 Å². The van der Waals surface area contributed by atoms with Gasteiger partial charge in [0.2, 0.25) is 0 Å². The molecule has 2 aromatic heterocycles. The molecule has 0 saturated carbocycles. The molecule has 8 heteroatoms. The summed E-state index contributed by atoms with van der Waals surface area (Å²) in [6.07, 6.45) is 3.84. The van der Waals surface area contributed by atoms with Crippen molar-refractivity contribution < 1.29 is 4.79 Å². The molecule has 3 heterocycles. The fourth-order valence-electron chi connectivity index (χ4n) is 2.72. The van der Waals surface area contributed by atoms with Crippen molar-refractivity contribution >= 4 is 24.0 Å². The van der Waals surface area contributed by atoms with Gasteiger partial charge in [-0.05, 0) is 25.1 Å². The zero-order valence-corrected chi connectivity index (χ0v) is 14.2. The summed E-state index contributed by atoms with van der Waals surface area (Å²) in [5, 5.41) is 6.12. The normalized spacial score (nSPS) is 15.0. The van der Waals surface area contributed by atoms with Gasteiger partial charge in [0.05, 0.1) is 0 Å². The van der Waals surface area contributed by atoms with Crippen LogP contribution in [0.5, 0.6) is 0 Å². The van der Waals surface area contributed by atoms with E-state index in [0.717, 1.165) is 39.1 Å². The molecule has 1 fully saturated rings. The smallest absolute Gasteiger partial charge is 0.270 e. The second-order valence-corrected chi connectivity index (χ2v) is 5.61. The van der Waals surface area contributed by atoms with Gasteiger partial charge in [0.15, 0.2) is 0 Å². The van der Waals surface area contributed by atoms with Gasteiger partial charge < -0.3 is 15.5 Å². The van der Waals surface area contributed by atoms with E-state index in [1.807, 2.05) is 0 Å². The first-order valence-corrected chi connectivity index (χ1v) is 7.93. The quantitative estimate of drug-likeness (QED) is 0.749. The molecule has 0 radical (unpaired) electrons. The van der Waals surface area contributed by atoms with E-state index in [2.05, 4.69) is 20.5 Å². The highest BCUT2D eigenvalue weighted by Crippen LogP contribution is 1.98. The SMILES string of the molecule is Cl.O=C(NCCCN1CCNCC1)c1cnc2ccccn2c1=O. The number of halogens is 1. The number of carbonyl (C=O) groups is 1. The lowest BCUT2D eigenvalue weighted by atomic mass is 10.3. The number of piperazine rings is 1. The van der Waals surface area contributed by atoms with E-state index < -0.39 is 0 Å². The predicted molar refractivity (Wildman–Crippen MR) is 95.0 cm³/mol. The summed E-state index contributed by atoms with van der Waals surface area (Å²) in [6.45, 7) is 5.64. The van der Waals surface area contributed by atoms with E-state index in [-0.39, 0.29) is 29.4 Å². The molecule has 7 nitrogen and oxygen atoms in total. The maximum atomic E-state index is 12.3. The lowest BCUT2D eigenvalue weighted by Gasteiger charge is -2.27. The van der Waals surface area contributed by atoms with Crippen LogP contribution in [0.1, 0.15) is 16.8 Å². The Balaban J connectivity index is 0.00000208. The Kier molecular flexibility index (Phi) is 6.72. The number of hydrogen-bond acceptors (Lipinski definition) is 5. The van der Waals surface area contributed by atoms with Gasteiger partial charge in [0, 0.05) is 45.1 Å². The van der Waals surface area contributed by atoms with Crippen LogP contribution >= 0.6 is 12.4 Å². The maximum absolute atomic E-state index is 12.3. The van der Waals surface area contributed by atoms with Crippen LogP contribution in [0.25, 0.3) is 5.65 Å². The number of fused-ring (bicyclic) bond motifs is 1. The summed E-state index contributed by atoms with van der Waals surface area (Å²) in [5.74, 6) is -0.360. The predicted octanol–water partition coefficient (Wildman–Crippen LogP) is 0.141. The largest absolute Gasteiger partial charge is 0.352 e. The molecule has 2 aromatic rings. The number of amides is 1. The Hall–Kier alpha value is -1.96. The second kappa shape index (κ2) is 8.77. The van der Waals surface area contributed by atoms with Crippen LogP contribution in [-0.4, -0.2) is 59.5 Å². The average molecular weight is 352 g/mol. The fraction of sp³-hybridized carbons (Fsp3) is 0.438. The number of aromatic nitrogens is 2. The zero-order valence-electron chi connectivity index (χ0n) is 13.4. The number of nitrogens with zero attached hydrogens (tertiary/aromatic N) is 3. The summed E-state index contributed by atoms with van der Waals surface area (Å²) in [4.78, 5) is 31.0. The number of hydrogen-bond donors (Lipinski definition) is 2. The Morgan fingerprint density at radius 3 is 2.88 bits per heavy atom. The van der Waals surface area contributed by atoms with Crippen molar-refractivity contribution in [2.75, 3.05) is 39.3 Å². The summed E-state index contributed by atoms with van der Waals surface area (Å²) >= 11 is 0.